The Labute approximate surface area is 219 Å². The lowest BCUT2D eigenvalue weighted by atomic mass is 9.59. The summed E-state index contributed by atoms with van der Waals surface area (Å²) in [6.07, 6.45) is 0.967. The van der Waals surface area contributed by atoms with Gasteiger partial charge in [-0.15, -0.1) is 0 Å². The summed E-state index contributed by atoms with van der Waals surface area (Å²) < 4.78 is 5.35. The van der Waals surface area contributed by atoms with Gasteiger partial charge in [0.15, 0.2) is 23.0 Å². The Morgan fingerprint density at radius 1 is 1.08 bits per heavy atom. The molecule has 1 aromatic rings. The number of ketones is 4. The number of anilines is 1. The predicted molar refractivity (Wildman–Crippen MR) is 135 cm³/mol. The topological polar surface area (TPSA) is 162 Å². The van der Waals surface area contributed by atoms with Crippen molar-refractivity contribution in [2.24, 2.45) is 17.8 Å². The van der Waals surface area contributed by atoms with Gasteiger partial charge in [0, 0.05) is 56.8 Å². The van der Waals surface area contributed by atoms with Gasteiger partial charge >= 0.3 is 0 Å². The number of aromatic hydroxyl groups is 1. The summed E-state index contributed by atoms with van der Waals surface area (Å²) in [6.45, 7) is 1.92. The van der Waals surface area contributed by atoms with Crippen molar-refractivity contribution in [3.05, 3.63) is 39.7 Å². The Kier molecular flexibility index (Phi) is 6.23. The van der Waals surface area contributed by atoms with Gasteiger partial charge in [0.1, 0.15) is 22.8 Å². The molecule has 1 saturated carbocycles. The van der Waals surface area contributed by atoms with Crippen LogP contribution in [0.25, 0.3) is 5.76 Å². The highest BCUT2D eigenvalue weighted by Gasteiger charge is 2.60. The fraction of sp³-hybridized carbons (Fsp3) is 0.500. The standard InChI is InChI=1S/C28H31NO9/c1-12(30)20-19(31)10-15-8-14-9-16-18(29(2)3)11-17(23(32)13-4-6-38-7-5-13)24(33)22(16)25(34)21(14)27(36)28(15,37)26(20)35/h11,13-15,33-35,37H,4-10H2,1-3H3/t14?,15?,28-/m1/s1. The number of aliphatic hydroxyl groups is 3. The van der Waals surface area contributed by atoms with Crippen molar-refractivity contribution in [3.8, 4) is 5.75 Å². The fourth-order valence-electron chi connectivity index (χ4n) is 6.54. The number of nitrogens with zero attached hydrogens (tertiary/aromatic N) is 1. The lowest BCUT2D eigenvalue weighted by Crippen LogP contribution is -2.57. The maximum Gasteiger partial charge on any atom is 0.202 e. The molecule has 4 aliphatic rings. The Bertz CT molecular complexity index is 1350. The molecule has 10 nitrogen and oxygen atoms in total. The molecule has 1 heterocycles. The first-order valence-corrected chi connectivity index (χ1v) is 12.8. The van der Waals surface area contributed by atoms with Gasteiger partial charge in [-0.1, -0.05) is 0 Å². The summed E-state index contributed by atoms with van der Waals surface area (Å²) in [5.41, 5.74) is -2.28. The van der Waals surface area contributed by atoms with Crippen molar-refractivity contribution < 1.29 is 44.3 Å². The van der Waals surface area contributed by atoms with Gasteiger partial charge in [-0.3, -0.25) is 19.2 Å². The lowest BCUT2D eigenvalue weighted by molar-refractivity contribution is -0.147. The minimum Gasteiger partial charge on any atom is -0.508 e. The molecule has 4 N–H and O–H groups in total. The van der Waals surface area contributed by atoms with Crippen molar-refractivity contribution in [2.75, 3.05) is 32.2 Å². The molecular weight excluding hydrogens is 494 g/mol. The third-order valence-corrected chi connectivity index (χ3v) is 8.49. The Hall–Kier alpha value is -3.50. The van der Waals surface area contributed by atoms with Crippen molar-refractivity contribution in [3.63, 3.8) is 0 Å². The molecule has 2 fully saturated rings. The number of fused-ring (bicyclic) bond motifs is 3. The first-order chi connectivity index (χ1) is 17.9. The average molecular weight is 526 g/mol. The van der Waals surface area contributed by atoms with Crippen LogP contribution in [0.3, 0.4) is 0 Å². The summed E-state index contributed by atoms with van der Waals surface area (Å²) in [5, 5.41) is 45.0. The highest BCUT2D eigenvalue weighted by Crippen LogP contribution is 2.53. The smallest absolute Gasteiger partial charge is 0.202 e. The van der Waals surface area contributed by atoms with Crippen LogP contribution in [0.4, 0.5) is 5.69 Å². The third kappa shape index (κ3) is 3.61. The number of carbonyl (C=O) groups excluding carboxylic acids is 4. The van der Waals surface area contributed by atoms with Crippen LogP contribution < -0.4 is 4.90 Å². The molecule has 0 amide bonds. The summed E-state index contributed by atoms with van der Waals surface area (Å²) >= 11 is 0. The van der Waals surface area contributed by atoms with Gasteiger partial charge in [-0.05, 0) is 50.2 Å². The molecule has 0 radical (unpaired) electrons. The van der Waals surface area contributed by atoms with Gasteiger partial charge in [0.05, 0.1) is 11.1 Å². The largest absolute Gasteiger partial charge is 0.508 e. The monoisotopic (exact) mass is 525 g/mol. The molecule has 38 heavy (non-hydrogen) atoms. The summed E-state index contributed by atoms with van der Waals surface area (Å²) in [5.74, 6) is -6.71. The zero-order valence-corrected chi connectivity index (χ0v) is 21.5. The van der Waals surface area contributed by atoms with Crippen LogP contribution in [-0.4, -0.2) is 76.5 Å². The molecule has 1 aliphatic heterocycles. The normalized spacial score (nSPS) is 27.6. The quantitative estimate of drug-likeness (QED) is 0.339. The van der Waals surface area contributed by atoms with Crippen LogP contribution in [0, 0.1) is 17.8 Å². The Morgan fingerprint density at radius 2 is 1.74 bits per heavy atom. The zero-order chi connectivity index (χ0) is 27.7. The highest BCUT2D eigenvalue weighted by atomic mass is 16.5. The van der Waals surface area contributed by atoms with Crippen LogP contribution >= 0.6 is 0 Å². The molecule has 3 aliphatic carbocycles. The number of hydrogen-bond acceptors (Lipinski definition) is 10. The number of phenolic OH excluding ortho intramolecular Hbond substituents is 1. The van der Waals surface area contributed by atoms with Crippen LogP contribution in [0.2, 0.25) is 0 Å². The van der Waals surface area contributed by atoms with Gasteiger partial charge in [0.2, 0.25) is 5.78 Å². The zero-order valence-electron chi connectivity index (χ0n) is 21.5. The van der Waals surface area contributed by atoms with E-state index in [1.807, 2.05) is 0 Å². The number of hydrogen-bond donors (Lipinski definition) is 4. The minimum absolute atomic E-state index is 0.0228. The molecule has 1 aromatic carbocycles. The molecule has 202 valence electrons. The molecule has 5 rings (SSSR count). The second-order valence-corrected chi connectivity index (χ2v) is 10.9. The number of aliphatic hydroxyl groups excluding tert-OH is 2. The van der Waals surface area contributed by atoms with E-state index in [0.717, 1.165) is 6.92 Å². The maximum absolute atomic E-state index is 13.8. The molecule has 10 heteroatoms. The first kappa shape index (κ1) is 26.1. The van der Waals surface area contributed by atoms with Crippen LogP contribution in [-0.2, 0) is 25.5 Å². The molecule has 3 atom stereocenters. The van der Waals surface area contributed by atoms with E-state index in [4.69, 9.17) is 4.74 Å². The van der Waals surface area contributed by atoms with Crippen molar-refractivity contribution in [1.29, 1.82) is 0 Å². The van der Waals surface area contributed by atoms with E-state index in [0.29, 0.717) is 37.3 Å². The van der Waals surface area contributed by atoms with E-state index in [1.165, 1.54) is 0 Å². The molecule has 0 bridgehead atoms. The molecule has 0 spiro atoms. The fourth-order valence-corrected chi connectivity index (χ4v) is 6.54. The number of benzene rings is 1. The Balaban J connectivity index is 1.69. The van der Waals surface area contributed by atoms with Crippen LogP contribution in [0.5, 0.6) is 5.75 Å². The highest BCUT2D eigenvalue weighted by molar-refractivity contribution is 6.23. The third-order valence-electron chi connectivity index (χ3n) is 8.49. The van der Waals surface area contributed by atoms with E-state index < -0.39 is 57.6 Å². The summed E-state index contributed by atoms with van der Waals surface area (Å²) in [4.78, 5) is 53.5. The summed E-state index contributed by atoms with van der Waals surface area (Å²) in [6, 6.07) is 1.60. The second kappa shape index (κ2) is 9.06. The number of ether oxygens (including phenoxy) is 1. The van der Waals surface area contributed by atoms with E-state index >= 15 is 0 Å². The summed E-state index contributed by atoms with van der Waals surface area (Å²) in [7, 11) is 3.53. The number of rotatable bonds is 4. The van der Waals surface area contributed by atoms with E-state index in [1.54, 1.807) is 25.1 Å². The number of phenols is 1. The SMILES string of the molecule is CC(=O)C1=C(O)[C@@]2(O)C(=O)C3=C(O)c4c(O)c(C(=O)C5CCOCC5)cc(N(C)C)c4CC3CC2CC1=O. The van der Waals surface area contributed by atoms with Gasteiger partial charge in [-0.2, -0.15) is 0 Å². The lowest BCUT2D eigenvalue weighted by Gasteiger charge is -2.46. The second-order valence-electron chi connectivity index (χ2n) is 10.9. The first-order valence-electron chi connectivity index (χ1n) is 12.8. The van der Waals surface area contributed by atoms with E-state index in [2.05, 4.69) is 0 Å². The predicted octanol–water partition coefficient (Wildman–Crippen LogP) is 2.20. The van der Waals surface area contributed by atoms with Gasteiger partial charge < -0.3 is 30.1 Å². The minimum atomic E-state index is -2.55. The number of allylic oxidation sites excluding steroid dienone is 1. The molecular formula is C28H31NO9. The maximum atomic E-state index is 13.8. The van der Waals surface area contributed by atoms with Crippen molar-refractivity contribution in [2.45, 2.75) is 44.6 Å². The van der Waals surface area contributed by atoms with Crippen LogP contribution in [0.15, 0.2) is 23.0 Å². The molecule has 1 saturated heterocycles. The van der Waals surface area contributed by atoms with Gasteiger partial charge in [-0.25, -0.2) is 0 Å². The number of Topliss-reactive ketones (excluding diaryl/α,β-unsaturated/α-hetero) is 4. The molecule has 2 unspecified atom stereocenters. The number of carbonyl (C=O) groups is 4. The molecule has 0 aromatic heterocycles. The van der Waals surface area contributed by atoms with Crippen LogP contribution in [0.1, 0.15) is 54.1 Å². The van der Waals surface area contributed by atoms with E-state index in [-0.39, 0.29) is 47.7 Å². The van der Waals surface area contributed by atoms with E-state index in [9.17, 15) is 39.6 Å². The Morgan fingerprint density at radius 3 is 2.34 bits per heavy atom. The average Bonchev–Trinajstić information content (AvgIpc) is 2.86. The van der Waals surface area contributed by atoms with Gasteiger partial charge in [0.25, 0.3) is 0 Å². The van der Waals surface area contributed by atoms with Crippen molar-refractivity contribution >= 4 is 34.6 Å². The van der Waals surface area contributed by atoms with Crippen molar-refractivity contribution in [1.82, 2.24) is 0 Å².